The van der Waals surface area contributed by atoms with Crippen molar-refractivity contribution >= 4 is 0 Å². The van der Waals surface area contributed by atoms with E-state index < -0.39 is 0 Å². The fourth-order valence-electron chi connectivity index (χ4n) is 3.00. The van der Waals surface area contributed by atoms with Gasteiger partial charge in [0.25, 0.3) is 0 Å². The maximum Gasteiger partial charge on any atom is 0.0681 e. The van der Waals surface area contributed by atoms with E-state index in [1.165, 1.54) is 44.9 Å². The van der Waals surface area contributed by atoms with Crippen LogP contribution in [-0.4, -0.2) is 35.9 Å². The lowest BCUT2D eigenvalue weighted by Crippen LogP contribution is -2.45. The molecular formula is C13H26N2O. The van der Waals surface area contributed by atoms with Crippen molar-refractivity contribution in [2.45, 2.75) is 57.5 Å². The van der Waals surface area contributed by atoms with Crippen molar-refractivity contribution in [2.24, 2.45) is 5.92 Å². The average molecular weight is 226 g/mol. The van der Waals surface area contributed by atoms with Gasteiger partial charge in [0.1, 0.15) is 0 Å². The Balaban J connectivity index is 1.57. The average Bonchev–Trinajstić information content (AvgIpc) is 2.81. The first-order valence-corrected chi connectivity index (χ1v) is 7.01. The molecule has 0 amide bonds. The largest absolute Gasteiger partial charge is 0.392 e. The lowest BCUT2D eigenvalue weighted by Gasteiger charge is -2.28. The molecule has 1 saturated heterocycles. The fraction of sp³-hybridized carbons (Fsp3) is 1.00. The Morgan fingerprint density at radius 3 is 2.44 bits per heavy atom. The highest BCUT2D eigenvalue weighted by Crippen LogP contribution is 2.28. The van der Waals surface area contributed by atoms with Crippen molar-refractivity contribution in [2.75, 3.05) is 19.6 Å². The summed E-state index contributed by atoms with van der Waals surface area (Å²) in [4.78, 5) is 0. The van der Waals surface area contributed by atoms with Crippen LogP contribution in [0.3, 0.4) is 0 Å². The van der Waals surface area contributed by atoms with Crippen LogP contribution in [-0.2, 0) is 0 Å². The molecule has 0 bridgehead atoms. The summed E-state index contributed by atoms with van der Waals surface area (Å²) in [5.74, 6) is 0.790. The Labute approximate surface area is 99.2 Å². The summed E-state index contributed by atoms with van der Waals surface area (Å²) in [6.07, 6.45) is 10.2. The van der Waals surface area contributed by atoms with Crippen LogP contribution in [0.1, 0.15) is 51.4 Å². The molecule has 2 fully saturated rings. The highest BCUT2D eigenvalue weighted by molar-refractivity contribution is 4.72. The maximum absolute atomic E-state index is 9.95. The third-order valence-corrected chi connectivity index (χ3v) is 3.99. The third kappa shape index (κ3) is 4.04. The molecule has 16 heavy (non-hydrogen) atoms. The van der Waals surface area contributed by atoms with Crippen LogP contribution in [0.5, 0.6) is 0 Å². The molecular weight excluding hydrogens is 200 g/mol. The normalized spacial score (nSPS) is 26.1. The predicted octanol–water partition coefficient (Wildman–Crippen LogP) is 1.92. The molecule has 0 radical (unpaired) electrons. The van der Waals surface area contributed by atoms with Gasteiger partial charge in [-0.1, -0.05) is 32.1 Å². The molecule has 0 aromatic rings. The Morgan fingerprint density at radius 2 is 1.75 bits per heavy atom. The molecule has 1 aliphatic carbocycles. The summed E-state index contributed by atoms with van der Waals surface area (Å²) >= 11 is 0. The number of rotatable bonds is 5. The zero-order chi connectivity index (χ0) is 11.2. The van der Waals surface area contributed by atoms with Gasteiger partial charge in [-0.3, -0.25) is 5.43 Å². The Hall–Kier alpha value is -0.120. The molecule has 94 valence electrons. The van der Waals surface area contributed by atoms with Gasteiger partial charge in [0.05, 0.1) is 6.10 Å². The molecule has 0 aromatic heterocycles. The van der Waals surface area contributed by atoms with Crippen LogP contribution in [0.15, 0.2) is 0 Å². The first-order chi connectivity index (χ1) is 7.84. The molecule has 2 aliphatic rings. The second-order valence-electron chi connectivity index (χ2n) is 5.45. The number of piperidine rings is 1. The molecule has 1 unspecified atom stereocenters. The highest BCUT2D eigenvalue weighted by Gasteiger charge is 2.19. The maximum atomic E-state index is 9.95. The summed E-state index contributed by atoms with van der Waals surface area (Å²) in [5.41, 5.74) is 3.38. The van der Waals surface area contributed by atoms with Crippen LogP contribution in [0, 0.1) is 5.92 Å². The Bertz CT molecular complexity index is 186. The van der Waals surface area contributed by atoms with Gasteiger partial charge in [-0.2, -0.15) is 0 Å². The number of nitrogens with one attached hydrogen (secondary N) is 1. The molecule has 3 nitrogen and oxygen atoms in total. The van der Waals surface area contributed by atoms with E-state index in [0.717, 1.165) is 32.0 Å². The van der Waals surface area contributed by atoms with Crippen LogP contribution in [0.25, 0.3) is 0 Å². The van der Waals surface area contributed by atoms with Crippen LogP contribution in [0.4, 0.5) is 0 Å². The zero-order valence-corrected chi connectivity index (χ0v) is 10.3. The molecule has 1 atom stereocenters. The number of hydrazine groups is 1. The van der Waals surface area contributed by atoms with Gasteiger partial charge in [-0.25, -0.2) is 5.01 Å². The number of hydrogen-bond acceptors (Lipinski definition) is 3. The molecule has 3 heteroatoms. The zero-order valence-electron chi connectivity index (χ0n) is 10.3. The minimum atomic E-state index is -0.148. The minimum absolute atomic E-state index is 0.148. The van der Waals surface area contributed by atoms with Crippen molar-refractivity contribution in [3.63, 3.8) is 0 Å². The van der Waals surface area contributed by atoms with Crippen molar-refractivity contribution in [1.29, 1.82) is 0 Å². The SMILES string of the molecule is OC(CNN1CCCCC1)CC1CCCC1. The van der Waals surface area contributed by atoms with Crippen molar-refractivity contribution < 1.29 is 5.11 Å². The third-order valence-electron chi connectivity index (χ3n) is 3.99. The van der Waals surface area contributed by atoms with Crippen LogP contribution in [0.2, 0.25) is 0 Å². The van der Waals surface area contributed by atoms with E-state index in [1.807, 2.05) is 0 Å². The van der Waals surface area contributed by atoms with E-state index in [0.29, 0.717) is 0 Å². The monoisotopic (exact) mass is 226 g/mol. The van der Waals surface area contributed by atoms with E-state index >= 15 is 0 Å². The van der Waals surface area contributed by atoms with Gasteiger partial charge in [0.15, 0.2) is 0 Å². The molecule has 0 aromatic carbocycles. The fourth-order valence-corrected chi connectivity index (χ4v) is 3.00. The summed E-state index contributed by atoms with van der Waals surface area (Å²) in [7, 11) is 0. The minimum Gasteiger partial charge on any atom is -0.392 e. The molecule has 2 rings (SSSR count). The predicted molar refractivity (Wildman–Crippen MR) is 66.0 cm³/mol. The number of aliphatic hydroxyl groups excluding tert-OH is 1. The van der Waals surface area contributed by atoms with Gasteiger partial charge >= 0.3 is 0 Å². The van der Waals surface area contributed by atoms with Gasteiger partial charge in [0.2, 0.25) is 0 Å². The first-order valence-electron chi connectivity index (χ1n) is 7.01. The van der Waals surface area contributed by atoms with Crippen molar-refractivity contribution in [3.8, 4) is 0 Å². The summed E-state index contributed by atoms with van der Waals surface area (Å²) in [5, 5.41) is 12.2. The topological polar surface area (TPSA) is 35.5 Å². The number of nitrogens with zero attached hydrogens (tertiary/aromatic N) is 1. The Morgan fingerprint density at radius 1 is 1.06 bits per heavy atom. The van der Waals surface area contributed by atoms with Crippen molar-refractivity contribution in [3.05, 3.63) is 0 Å². The van der Waals surface area contributed by atoms with Gasteiger partial charge in [0, 0.05) is 19.6 Å². The first kappa shape index (κ1) is 12.3. The van der Waals surface area contributed by atoms with E-state index in [9.17, 15) is 5.11 Å². The van der Waals surface area contributed by atoms with Crippen LogP contribution < -0.4 is 5.43 Å². The summed E-state index contributed by atoms with van der Waals surface area (Å²) in [6, 6.07) is 0. The Kier molecular flexibility index (Phi) is 5.07. The lowest BCUT2D eigenvalue weighted by molar-refractivity contribution is 0.0857. The lowest BCUT2D eigenvalue weighted by atomic mass is 10.0. The van der Waals surface area contributed by atoms with Crippen LogP contribution >= 0.6 is 0 Å². The second-order valence-corrected chi connectivity index (χ2v) is 5.45. The van der Waals surface area contributed by atoms with Gasteiger partial charge < -0.3 is 5.11 Å². The second kappa shape index (κ2) is 6.58. The van der Waals surface area contributed by atoms with Crippen molar-refractivity contribution in [1.82, 2.24) is 10.4 Å². The smallest absolute Gasteiger partial charge is 0.0681 e. The number of aliphatic hydroxyl groups is 1. The molecule has 1 aliphatic heterocycles. The summed E-state index contributed by atoms with van der Waals surface area (Å²) < 4.78 is 0. The number of hydrogen-bond donors (Lipinski definition) is 2. The highest BCUT2D eigenvalue weighted by atomic mass is 16.3. The molecule has 1 saturated carbocycles. The van der Waals surface area contributed by atoms with Gasteiger partial charge in [-0.05, 0) is 25.2 Å². The van der Waals surface area contributed by atoms with E-state index in [-0.39, 0.29) is 6.10 Å². The standard InChI is InChI=1S/C13H26N2O/c16-13(10-12-6-2-3-7-12)11-14-15-8-4-1-5-9-15/h12-14,16H,1-11H2. The summed E-state index contributed by atoms with van der Waals surface area (Å²) in [6.45, 7) is 3.04. The molecule has 2 N–H and O–H groups in total. The van der Waals surface area contributed by atoms with E-state index in [2.05, 4.69) is 10.4 Å². The molecule has 0 spiro atoms. The van der Waals surface area contributed by atoms with E-state index in [4.69, 9.17) is 0 Å². The quantitative estimate of drug-likeness (QED) is 0.752. The van der Waals surface area contributed by atoms with Gasteiger partial charge in [-0.15, -0.1) is 0 Å². The van der Waals surface area contributed by atoms with E-state index in [1.54, 1.807) is 0 Å². The molecule has 1 heterocycles.